The highest BCUT2D eigenvalue weighted by Gasteiger charge is 2.36. The van der Waals surface area contributed by atoms with Crippen LogP contribution in [0.4, 0.5) is 5.13 Å². The highest BCUT2D eigenvalue weighted by atomic mass is 32.1. The average Bonchev–Trinajstić information content (AvgIpc) is 2.92. The molecule has 0 spiro atoms. The van der Waals surface area contributed by atoms with Crippen molar-refractivity contribution in [3.8, 4) is 0 Å². The van der Waals surface area contributed by atoms with Gasteiger partial charge in [-0.05, 0) is 12.8 Å². The number of aromatic nitrogens is 2. The number of nitrogens with one attached hydrogen (secondary N) is 1. The Kier molecular flexibility index (Phi) is 2.97. The van der Waals surface area contributed by atoms with E-state index in [1.807, 2.05) is 0 Å². The summed E-state index contributed by atoms with van der Waals surface area (Å²) in [6.07, 6.45) is 2.30. The zero-order valence-corrected chi connectivity index (χ0v) is 11.5. The minimum Gasteiger partial charge on any atom is -0.353 e. The standard InChI is InChI=1S/C12H18N4OS/c1-7(2)10-14-12(18-15-10)16-5-8(6-16)11(17)13-9-3-4-9/h7-9H,3-6H2,1-2H3,(H,13,17). The van der Waals surface area contributed by atoms with Crippen LogP contribution >= 0.6 is 11.5 Å². The van der Waals surface area contributed by atoms with Crippen molar-refractivity contribution in [2.45, 2.75) is 38.6 Å². The molecule has 1 aliphatic heterocycles. The van der Waals surface area contributed by atoms with E-state index in [1.54, 1.807) is 0 Å². The van der Waals surface area contributed by atoms with E-state index in [4.69, 9.17) is 0 Å². The van der Waals surface area contributed by atoms with E-state index in [2.05, 4.69) is 33.4 Å². The summed E-state index contributed by atoms with van der Waals surface area (Å²) in [5, 5.41) is 4.01. The van der Waals surface area contributed by atoms with E-state index in [1.165, 1.54) is 11.5 Å². The summed E-state index contributed by atoms with van der Waals surface area (Å²) >= 11 is 1.43. The number of nitrogens with zero attached hydrogens (tertiary/aromatic N) is 3. The molecule has 1 N–H and O–H groups in total. The van der Waals surface area contributed by atoms with Crippen LogP contribution in [0.25, 0.3) is 0 Å². The number of carbonyl (C=O) groups excluding carboxylic acids is 1. The lowest BCUT2D eigenvalue weighted by molar-refractivity contribution is -0.125. The van der Waals surface area contributed by atoms with Crippen LogP contribution in [0.1, 0.15) is 38.4 Å². The number of carbonyl (C=O) groups is 1. The first-order valence-corrected chi connectivity index (χ1v) is 7.29. The highest BCUT2D eigenvalue weighted by molar-refractivity contribution is 7.09. The molecular weight excluding hydrogens is 248 g/mol. The second kappa shape index (κ2) is 4.50. The maximum atomic E-state index is 11.8. The Morgan fingerprint density at radius 2 is 2.17 bits per heavy atom. The maximum Gasteiger partial charge on any atom is 0.226 e. The van der Waals surface area contributed by atoms with Crippen molar-refractivity contribution in [3.63, 3.8) is 0 Å². The summed E-state index contributed by atoms with van der Waals surface area (Å²) < 4.78 is 4.34. The van der Waals surface area contributed by atoms with Crippen molar-refractivity contribution < 1.29 is 4.79 Å². The lowest BCUT2D eigenvalue weighted by Crippen LogP contribution is -2.54. The summed E-state index contributed by atoms with van der Waals surface area (Å²) in [5.74, 6) is 1.62. The fourth-order valence-electron chi connectivity index (χ4n) is 1.94. The van der Waals surface area contributed by atoms with Gasteiger partial charge in [-0.15, -0.1) is 0 Å². The number of amides is 1. The summed E-state index contributed by atoms with van der Waals surface area (Å²) in [5.41, 5.74) is 0. The van der Waals surface area contributed by atoms with Crippen molar-refractivity contribution in [2.75, 3.05) is 18.0 Å². The van der Waals surface area contributed by atoms with Crippen LogP contribution in [0.3, 0.4) is 0 Å². The van der Waals surface area contributed by atoms with Crippen LogP contribution in [-0.2, 0) is 4.79 Å². The Balaban J connectivity index is 1.52. The first-order chi connectivity index (χ1) is 8.63. The van der Waals surface area contributed by atoms with Crippen molar-refractivity contribution >= 4 is 22.6 Å². The Hall–Kier alpha value is -1.17. The van der Waals surface area contributed by atoms with E-state index in [-0.39, 0.29) is 11.8 Å². The number of hydrogen-bond acceptors (Lipinski definition) is 5. The predicted molar refractivity (Wildman–Crippen MR) is 70.9 cm³/mol. The van der Waals surface area contributed by atoms with E-state index in [9.17, 15) is 4.79 Å². The lowest BCUT2D eigenvalue weighted by atomic mass is 10.00. The van der Waals surface area contributed by atoms with Crippen LogP contribution < -0.4 is 10.2 Å². The molecule has 1 saturated carbocycles. The molecule has 6 heteroatoms. The summed E-state index contributed by atoms with van der Waals surface area (Å²) in [7, 11) is 0. The zero-order chi connectivity index (χ0) is 12.7. The van der Waals surface area contributed by atoms with Crippen LogP contribution in [-0.4, -0.2) is 34.4 Å². The summed E-state index contributed by atoms with van der Waals surface area (Å²) in [4.78, 5) is 18.4. The SMILES string of the molecule is CC(C)c1nsc(N2CC(C(=O)NC3CC3)C2)n1. The first kappa shape index (κ1) is 11.9. The number of rotatable bonds is 4. The van der Waals surface area contributed by atoms with Gasteiger partial charge in [0.2, 0.25) is 11.0 Å². The molecule has 1 aliphatic carbocycles. The van der Waals surface area contributed by atoms with Crippen LogP contribution in [0.2, 0.25) is 0 Å². The fourth-order valence-corrected chi connectivity index (χ4v) is 2.76. The van der Waals surface area contributed by atoms with Crippen molar-refractivity contribution in [1.82, 2.24) is 14.7 Å². The molecule has 3 rings (SSSR count). The number of hydrogen-bond donors (Lipinski definition) is 1. The minimum atomic E-state index is 0.136. The van der Waals surface area contributed by atoms with Crippen LogP contribution in [0.5, 0.6) is 0 Å². The van der Waals surface area contributed by atoms with Gasteiger partial charge in [-0.2, -0.15) is 4.37 Å². The first-order valence-electron chi connectivity index (χ1n) is 6.52. The molecule has 98 valence electrons. The van der Waals surface area contributed by atoms with E-state index < -0.39 is 0 Å². The van der Waals surface area contributed by atoms with Gasteiger partial charge in [0.25, 0.3) is 0 Å². The second-order valence-corrected chi connectivity index (χ2v) is 6.20. The normalized spacial score (nSPS) is 20.1. The fraction of sp³-hybridized carbons (Fsp3) is 0.750. The van der Waals surface area contributed by atoms with Gasteiger partial charge in [-0.1, -0.05) is 13.8 Å². The van der Waals surface area contributed by atoms with E-state index in [0.29, 0.717) is 12.0 Å². The van der Waals surface area contributed by atoms with Gasteiger partial charge in [0.05, 0.1) is 5.92 Å². The quantitative estimate of drug-likeness (QED) is 0.894. The third-order valence-electron chi connectivity index (χ3n) is 3.39. The van der Waals surface area contributed by atoms with Gasteiger partial charge in [-0.3, -0.25) is 4.79 Å². The van der Waals surface area contributed by atoms with Gasteiger partial charge in [0.1, 0.15) is 5.82 Å². The summed E-state index contributed by atoms with van der Waals surface area (Å²) in [6, 6.07) is 0.459. The highest BCUT2D eigenvalue weighted by Crippen LogP contribution is 2.28. The molecule has 18 heavy (non-hydrogen) atoms. The van der Waals surface area contributed by atoms with Gasteiger partial charge in [-0.25, -0.2) is 4.98 Å². The van der Waals surface area contributed by atoms with Crippen molar-refractivity contribution in [2.24, 2.45) is 5.92 Å². The van der Waals surface area contributed by atoms with E-state index >= 15 is 0 Å². The molecule has 2 aliphatic rings. The minimum absolute atomic E-state index is 0.136. The van der Waals surface area contributed by atoms with E-state index in [0.717, 1.165) is 36.9 Å². The third kappa shape index (κ3) is 2.34. The Bertz CT molecular complexity index is 449. The molecule has 0 aromatic carbocycles. The molecule has 1 saturated heterocycles. The molecule has 1 aromatic heterocycles. The van der Waals surface area contributed by atoms with Crippen molar-refractivity contribution in [3.05, 3.63) is 5.82 Å². The molecule has 2 heterocycles. The molecule has 0 unspecified atom stereocenters. The largest absolute Gasteiger partial charge is 0.353 e. The molecule has 0 radical (unpaired) electrons. The smallest absolute Gasteiger partial charge is 0.226 e. The Morgan fingerprint density at radius 3 is 2.72 bits per heavy atom. The average molecular weight is 266 g/mol. The predicted octanol–water partition coefficient (Wildman–Crippen LogP) is 1.38. The third-order valence-corrected chi connectivity index (χ3v) is 4.19. The molecule has 1 aromatic rings. The Labute approximate surface area is 111 Å². The molecule has 2 fully saturated rings. The lowest BCUT2D eigenvalue weighted by Gasteiger charge is -2.37. The van der Waals surface area contributed by atoms with Gasteiger partial charge >= 0.3 is 0 Å². The van der Waals surface area contributed by atoms with Gasteiger partial charge < -0.3 is 10.2 Å². The van der Waals surface area contributed by atoms with Crippen LogP contribution in [0, 0.1) is 5.92 Å². The molecule has 0 atom stereocenters. The summed E-state index contributed by atoms with van der Waals surface area (Å²) in [6.45, 7) is 5.75. The maximum absolute atomic E-state index is 11.8. The van der Waals surface area contributed by atoms with Gasteiger partial charge in [0.15, 0.2) is 0 Å². The Morgan fingerprint density at radius 1 is 1.44 bits per heavy atom. The monoisotopic (exact) mass is 266 g/mol. The molecule has 5 nitrogen and oxygen atoms in total. The number of anilines is 1. The molecular formula is C12H18N4OS. The topological polar surface area (TPSA) is 58.1 Å². The van der Waals surface area contributed by atoms with Crippen LogP contribution in [0.15, 0.2) is 0 Å². The molecule has 0 bridgehead atoms. The van der Waals surface area contributed by atoms with Gasteiger partial charge in [0, 0.05) is 36.6 Å². The second-order valence-electron chi connectivity index (χ2n) is 5.47. The zero-order valence-electron chi connectivity index (χ0n) is 10.7. The molecule has 1 amide bonds. The van der Waals surface area contributed by atoms with Crippen molar-refractivity contribution in [1.29, 1.82) is 0 Å².